The van der Waals surface area contributed by atoms with E-state index in [9.17, 15) is 8.42 Å². The standard InChI is InChI=1S/C10H8N2O6S2/c13-17-18-19-7-1-3-9(11-5-7)10-4-2-8(6-12-10)20(14,15)16/h1-6,13H,(H,14,15,16). The first-order valence-electron chi connectivity index (χ1n) is 5.05. The van der Waals surface area contributed by atoms with Gasteiger partial charge in [-0.1, -0.05) is 5.04 Å². The molecule has 2 aromatic heterocycles. The van der Waals surface area contributed by atoms with E-state index in [4.69, 9.17) is 9.81 Å². The summed E-state index contributed by atoms with van der Waals surface area (Å²) in [5.41, 5.74) is 0.939. The lowest BCUT2D eigenvalue weighted by Crippen LogP contribution is -1.99. The molecule has 10 heteroatoms. The molecule has 0 aliphatic rings. The van der Waals surface area contributed by atoms with Crippen molar-refractivity contribution < 1.29 is 27.6 Å². The minimum absolute atomic E-state index is 0.290. The first-order chi connectivity index (χ1) is 9.50. The monoisotopic (exact) mass is 316 g/mol. The Labute approximate surface area is 118 Å². The summed E-state index contributed by atoms with van der Waals surface area (Å²) in [7, 11) is -4.26. The van der Waals surface area contributed by atoms with E-state index >= 15 is 0 Å². The maximum absolute atomic E-state index is 10.9. The Morgan fingerprint density at radius 2 is 1.70 bits per heavy atom. The van der Waals surface area contributed by atoms with Crippen LogP contribution in [-0.4, -0.2) is 28.2 Å². The molecule has 0 aromatic carbocycles. The number of rotatable bonds is 5. The predicted molar refractivity (Wildman–Crippen MR) is 67.9 cm³/mol. The molecule has 0 bridgehead atoms. The molecule has 2 heterocycles. The average Bonchev–Trinajstić information content (AvgIpc) is 2.45. The molecule has 0 atom stereocenters. The minimum atomic E-state index is -4.26. The Bertz CT molecular complexity index is 672. The fraction of sp³-hybridized carbons (Fsp3) is 0. The molecular weight excluding hydrogens is 308 g/mol. The summed E-state index contributed by atoms with van der Waals surface area (Å²) in [6, 6.07) is 5.92. The molecule has 106 valence electrons. The van der Waals surface area contributed by atoms with Gasteiger partial charge in [0, 0.05) is 12.4 Å². The number of hydrogen-bond acceptors (Lipinski definition) is 8. The third-order valence-corrected chi connectivity index (χ3v) is 3.59. The lowest BCUT2D eigenvalue weighted by atomic mass is 10.2. The van der Waals surface area contributed by atoms with Crippen molar-refractivity contribution in [1.82, 2.24) is 9.97 Å². The fourth-order valence-corrected chi connectivity index (χ4v) is 2.07. The predicted octanol–water partition coefficient (Wildman–Crippen LogP) is 1.82. The maximum atomic E-state index is 10.9. The topological polar surface area (TPSA) is 119 Å². The molecule has 20 heavy (non-hydrogen) atoms. The Hall–Kier alpha value is -1.56. The van der Waals surface area contributed by atoms with Crippen LogP contribution in [0.1, 0.15) is 0 Å². The lowest BCUT2D eigenvalue weighted by Gasteiger charge is -2.02. The van der Waals surface area contributed by atoms with Crippen molar-refractivity contribution in [3.63, 3.8) is 0 Å². The van der Waals surface area contributed by atoms with Crippen LogP contribution < -0.4 is 0 Å². The molecule has 0 amide bonds. The highest BCUT2D eigenvalue weighted by Crippen LogP contribution is 2.21. The van der Waals surface area contributed by atoms with Gasteiger partial charge in [-0.05, 0) is 24.3 Å². The molecule has 0 radical (unpaired) electrons. The number of nitrogens with zero attached hydrogens (tertiary/aromatic N) is 2. The highest BCUT2D eigenvalue weighted by molar-refractivity contribution is 7.94. The van der Waals surface area contributed by atoms with Crippen molar-refractivity contribution in [3.05, 3.63) is 36.7 Å². The van der Waals surface area contributed by atoms with Gasteiger partial charge in [-0.2, -0.15) is 8.42 Å². The van der Waals surface area contributed by atoms with Crippen LogP contribution in [0.25, 0.3) is 11.4 Å². The summed E-state index contributed by atoms with van der Waals surface area (Å²) in [6.45, 7) is 0. The Balaban J connectivity index is 2.19. The quantitative estimate of drug-likeness (QED) is 0.368. The van der Waals surface area contributed by atoms with E-state index in [0.717, 1.165) is 18.2 Å². The van der Waals surface area contributed by atoms with Crippen molar-refractivity contribution in [2.45, 2.75) is 9.79 Å². The van der Waals surface area contributed by atoms with E-state index in [1.807, 2.05) is 0 Å². The molecule has 2 rings (SSSR count). The van der Waals surface area contributed by atoms with Crippen molar-refractivity contribution in [3.8, 4) is 11.4 Å². The van der Waals surface area contributed by atoms with Crippen LogP contribution in [0, 0.1) is 0 Å². The van der Waals surface area contributed by atoms with E-state index in [1.165, 1.54) is 18.3 Å². The average molecular weight is 316 g/mol. The van der Waals surface area contributed by atoms with Crippen molar-refractivity contribution >= 4 is 22.2 Å². The largest absolute Gasteiger partial charge is 0.296 e. The molecule has 0 aliphatic carbocycles. The van der Waals surface area contributed by atoms with E-state index in [1.54, 1.807) is 12.1 Å². The first-order valence-corrected chi connectivity index (χ1v) is 7.23. The van der Waals surface area contributed by atoms with Crippen LogP contribution in [0.5, 0.6) is 0 Å². The van der Waals surface area contributed by atoms with Gasteiger partial charge in [0.2, 0.25) is 0 Å². The third-order valence-electron chi connectivity index (χ3n) is 2.19. The van der Waals surface area contributed by atoms with Gasteiger partial charge in [-0.3, -0.25) is 14.5 Å². The van der Waals surface area contributed by atoms with Crippen LogP contribution in [0.2, 0.25) is 0 Å². The second-order valence-electron chi connectivity index (χ2n) is 3.46. The molecule has 0 unspecified atom stereocenters. The van der Waals surface area contributed by atoms with Crippen molar-refractivity contribution in [1.29, 1.82) is 0 Å². The van der Waals surface area contributed by atoms with Crippen LogP contribution in [-0.2, 0) is 19.5 Å². The lowest BCUT2D eigenvalue weighted by molar-refractivity contribution is -0.432. The second kappa shape index (κ2) is 6.26. The fourth-order valence-electron chi connectivity index (χ4n) is 1.32. The highest BCUT2D eigenvalue weighted by atomic mass is 32.2. The summed E-state index contributed by atoms with van der Waals surface area (Å²) < 4.78 is 34.8. The van der Waals surface area contributed by atoms with Gasteiger partial charge >= 0.3 is 0 Å². The third kappa shape index (κ3) is 3.72. The summed E-state index contributed by atoms with van der Waals surface area (Å²) in [5, 5.41) is 11.5. The zero-order valence-corrected chi connectivity index (χ0v) is 11.3. The van der Waals surface area contributed by atoms with Crippen molar-refractivity contribution in [2.24, 2.45) is 0 Å². The van der Waals surface area contributed by atoms with Gasteiger partial charge in [0.25, 0.3) is 10.1 Å². The van der Waals surface area contributed by atoms with Gasteiger partial charge < -0.3 is 0 Å². The molecular formula is C10H8N2O6S2. The molecule has 0 fully saturated rings. The molecule has 2 aromatic rings. The first kappa shape index (κ1) is 14.8. The summed E-state index contributed by atoms with van der Waals surface area (Å²) in [4.78, 5) is 8.28. The number of aromatic nitrogens is 2. The number of pyridine rings is 2. The Morgan fingerprint density at radius 1 is 1.05 bits per heavy atom. The van der Waals surface area contributed by atoms with Gasteiger partial charge in [-0.25, -0.2) is 5.26 Å². The summed E-state index contributed by atoms with van der Waals surface area (Å²) in [5.74, 6) is 0. The molecule has 0 saturated carbocycles. The zero-order chi connectivity index (χ0) is 14.6. The van der Waals surface area contributed by atoms with Gasteiger partial charge in [0.15, 0.2) is 0 Å². The molecule has 0 saturated heterocycles. The summed E-state index contributed by atoms with van der Waals surface area (Å²) in [6.07, 6.45) is 2.50. The minimum Gasteiger partial charge on any atom is -0.282 e. The zero-order valence-electron chi connectivity index (χ0n) is 9.70. The molecule has 0 spiro atoms. The van der Waals surface area contributed by atoms with Gasteiger partial charge in [-0.15, -0.1) is 4.33 Å². The smallest absolute Gasteiger partial charge is 0.282 e. The SMILES string of the molecule is O=S(=O)(O)c1ccc(-c2ccc(SOOO)cn2)nc1. The summed E-state index contributed by atoms with van der Waals surface area (Å²) >= 11 is 0.763. The van der Waals surface area contributed by atoms with Gasteiger partial charge in [0.05, 0.1) is 28.3 Å². The number of hydrogen-bond donors (Lipinski definition) is 2. The normalized spacial score (nSPS) is 11.5. The maximum Gasteiger partial charge on any atom is 0.296 e. The Morgan fingerprint density at radius 3 is 2.15 bits per heavy atom. The molecule has 2 N–H and O–H groups in total. The van der Waals surface area contributed by atoms with Crippen LogP contribution in [0.4, 0.5) is 0 Å². The molecule has 0 aliphatic heterocycles. The van der Waals surface area contributed by atoms with E-state index in [0.29, 0.717) is 16.3 Å². The Kier molecular flexibility index (Phi) is 4.65. The van der Waals surface area contributed by atoms with E-state index < -0.39 is 10.1 Å². The van der Waals surface area contributed by atoms with E-state index in [2.05, 4.69) is 19.3 Å². The van der Waals surface area contributed by atoms with Crippen LogP contribution >= 0.6 is 12.0 Å². The highest BCUT2D eigenvalue weighted by Gasteiger charge is 2.10. The van der Waals surface area contributed by atoms with Crippen molar-refractivity contribution in [2.75, 3.05) is 0 Å². The van der Waals surface area contributed by atoms with Crippen LogP contribution in [0.3, 0.4) is 0 Å². The van der Waals surface area contributed by atoms with E-state index in [-0.39, 0.29) is 4.90 Å². The van der Waals surface area contributed by atoms with Crippen LogP contribution in [0.15, 0.2) is 46.5 Å². The molecule has 8 nitrogen and oxygen atoms in total. The van der Waals surface area contributed by atoms with Gasteiger partial charge in [0.1, 0.15) is 4.90 Å². The second-order valence-corrected chi connectivity index (χ2v) is 5.65.